The minimum absolute atomic E-state index is 0.0510. The Hall–Kier alpha value is -2.38. The summed E-state index contributed by atoms with van der Waals surface area (Å²) in [5.41, 5.74) is 1.73. The third kappa shape index (κ3) is 4.58. The lowest BCUT2D eigenvalue weighted by atomic mass is 10.1. The Morgan fingerprint density at radius 2 is 1.92 bits per heavy atom. The smallest absolute Gasteiger partial charge is 0.252 e. The number of hydrogen-bond donors (Lipinski definition) is 3. The second kappa shape index (κ2) is 7.67. The van der Waals surface area contributed by atoms with Gasteiger partial charge in [0, 0.05) is 12.1 Å². The van der Waals surface area contributed by atoms with Crippen molar-refractivity contribution in [3.63, 3.8) is 0 Å². The van der Waals surface area contributed by atoms with Crippen molar-refractivity contribution in [2.24, 2.45) is 0 Å². The molecule has 0 aliphatic heterocycles. The van der Waals surface area contributed by atoms with Crippen LogP contribution in [0.15, 0.2) is 47.4 Å². The number of benzene rings is 2. The Balaban J connectivity index is 2.27. The number of rotatable bonds is 6. The van der Waals surface area contributed by atoms with Gasteiger partial charge in [0.15, 0.2) is 0 Å². The van der Waals surface area contributed by atoms with Crippen LogP contribution >= 0.6 is 0 Å². The van der Waals surface area contributed by atoms with E-state index in [1.807, 2.05) is 0 Å². The van der Waals surface area contributed by atoms with E-state index in [1.165, 1.54) is 12.1 Å². The first-order valence-corrected chi connectivity index (χ1v) is 9.43. The molecule has 0 aromatic heterocycles. The van der Waals surface area contributed by atoms with Gasteiger partial charge in [0.2, 0.25) is 10.0 Å². The number of phenols is 1. The molecule has 0 aliphatic carbocycles. The van der Waals surface area contributed by atoms with Crippen LogP contribution in [0.1, 0.15) is 41.4 Å². The largest absolute Gasteiger partial charge is 0.508 e. The van der Waals surface area contributed by atoms with E-state index in [4.69, 9.17) is 0 Å². The summed E-state index contributed by atoms with van der Waals surface area (Å²) in [6.07, 6.45) is 0. The molecular formula is C18H22N2O4S. The number of carbonyl (C=O) groups is 1. The van der Waals surface area contributed by atoms with Gasteiger partial charge in [0.05, 0.1) is 10.9 Å². The molecule has 6 nitrogen and oxygen atoms in total. The second-order valence-electron chi connectivity index (χ2n) is 5.77. The number of carbonyl (C=O) groups excluding carboxylic acids is 1. The summed E-state index contributed by atoms with van der Waals surface area (Å²) in [5, 5.41) is 12.4. The third-order valence-electron chi connectivity index (χ3n) is 3.82. The van der Waals surface area contributed by atoms with E-state index < -0.39 is 10.0 Å². The first-order valence-electron chi connectivity index (χ1n) is 7.94. The lowest BCUT2D eigenvalue weighted by Gasteiger charge is -2.16. The van der Waals surface area contributed by atoms with Crippen LogP contribution in [0.2, 0.25) is 0 Å². The molecule has 0 radical (unpaired) electrons. The van der Waals surface area contributed by atoms with Gasteiger partial charge in [-0.25, -0.2) is 13.1 Å². The molecule has 0 heterocycles. The second-order valence-corrected chi connectivity index (χ2v) is 7.54. The molecule has 0 aliphatic rings. The summed E-state index contributed by atoms with van der Waals surface area (Å²) in [6, 6.07) is 10.7. The average molecular weight is 362 g/mol. The summed E-state index contributed by atoms with van der Waals surface area (Å²) < 4.78 is 26.7. The zero-order valence-electron chi connectivity index (χ0n) is 14.4. The van der Waals surface area contributed by atoms with Crippen molar-refractivity contribution >= 4 is 15.9 Å². The highest BCUT2D eigenvalue weighted by Crippen LogP contribution is 2.20. The van der Waals surface area contributed by atoms with Crippen LogP contribution in [0.5, 0.6) is 5.75 Å². The summed E-state index contributed by atoms with van der Waals surface area (Å²) in [4.78, 5) is 12.6. The molecule has 0 bridgehead atoms. The van der Waals surface area contributed by atoms with E-state index >= 15 is 0 Å². The SMILES string of the molecule is CCNS(=O)(=O)c1ccc(C)c(C(=O)NC(C)c2cccc(O)c2)c1. The van der Waals surface area contributed by atoms with E-state index in [9.17, 15) is 18.3 Å². The van der Waals surface area contributed by atoms with Gasteiger partial charge < -0.3 is 10.4 Å². The quantitative estimate of drug-likeness (QED) is 0.736. The number of phenolic OH excluding ortho intramolecular Hbond substituents is 1. The molecule has 2 aromatic carbocycles. The van der Waals surface area contributed by atoms with Crippen LogP contribution < -0.4 is 10.0 Å². The van der Waals surface area contributed by atoms with E-state index in [1.54, 1.807) is 51.1 Å². The van der Waals surface area contributed by atoms with Crippen molar-refractivity contribution < 1.29 is 18.3 Å². The van der Waals surface area contributed by atoms with Gasteiger partial charge in [0.25, 0.3) is 5.91 Å². The zero-order chi connectivity index (χ0) is 18.6. The van der Waals surface area contributed by atoms with Crippen molar-refractivity contribution in [3.8, 4) is 5.75 Å². The molecule has 2 rings (SSSR count). The normalized spacial score (nSPS) is 12.6. The van der Waals surface area contributed by atoms with Gasteiger partial charge in [-0.1, -0.05) is 25.1 Å². The van der Waals surface area contributed by atoms with Crippen LogP contribution in [0.3, 0.4) is 0 Å². The van der Waals surface area contributed by atoms with Gasteiger partial charge in [0.1, 0.15) is 5.75 Å². The molecule has 3 N–H and O–H groups in total. The zero-order valence-corrected chi connectivity index (χ0v) is 15.2. The van der Waals surface area contributed by atoms with Crippen molar-refractivity contribution in [1.82, 2.24) is 10.0 Å². The Labute approximate surface area is 147 Å². The van der Waals surface area contributed by atoms with E-state index in [0.29, 0.717) is 11.1 Å². The molecule has 7 heteroatoms. The molecule has 2 aromatic rings. The highest BCUT2D eigenvalue weighted by molar-refractivity contribution is 7.89. The summed E-state index contributed by atoms with van der Waals surface area (Å²) in [5.74, 6) is -0.254. The number of nitrogens with one attached hydrogen (secondary N) is 2. The minimum atomic E-state index is -3.63. The summed E-state index contributed by atoms with van der Waals surface area (Å²) >= 11 is 0. The van der Waals surface area contributed by atoms with Gasteiger partial charge in [-0.15, -0.1) is 0 Å². The van der Waals surface area contributed by atoms with Crippen molar-refractivity contribution in [2.75, 3.05) is 6.54 Å². The first-order chi connectivity index (χ1) is 11.7. The van der Waals surface area contributed by atoms with Crippen LogP contribution in [-0.2, 0) is 10.0 Å². The Bertz CT molecular complexity index is 878. The lowest BCUT2D eigenvalue weighted by molar-refractivity contribution is 0.0939. The maximum atomic E-state index is 12.6. The number of amides is 1. The maximum Gasteiger partial charge on any atom is 0.252 e. The molecule has 1 unspecified atom stereocenters. The summed E-state index contributed by atoms with van der Waals surface area (Å²) in [6.45, 7) is 5.50. The number of sulfonamides is 1. The highest BCUT2D eigenvalue weighted by atomic mass is 32.2. The van der Waals surface area contributed by atoms with Crippen molar-refractivity contribution in [3.05, 3.63) is 59.2 Å². The minimum Gasteiger partial charge on any atom is -0.508 e. The van der Waals surface area contributed by atoms with Crippen LogP contribution in [0, 0.1) is 6.92 Å². The van der Waals surface area contributed by atoms with Crippen LogP contribution in [0.4, 0.5) is 0 Å². The van der Waals surface area contributed by atoms with E-state index in [2.05, 4.69) is 10.0 Å². The van der Waals surface area contributed by atoms with Crippen LogP contribution in [-0.4, -0.2) is 26.0 Å². The number of aryl methyl sites for hydroxylation is 1. The molecule has 1 atom stereocenters. The van der Waals surface area contributed by atoms with E-state index in [0.717, 1.165) is 5.56 Å². The first kappa shape index (κ1) is 19.0. The predicted molar refractivity (Wildman–Crippen MR) is 96.0 cm³/mol. The fourth-order valence-corrected chi connectivity index (χ4v) is 3.51. The van der Waals surface area contributed by atoms with Gasteiger partial charge in [-0.05, 0) is 49.2 Å². The van der Waals surface area contributed by atoms with Gasteiger partial charge in [-0.3, -0.25) is 4.79 Å². The maximum absolute atomic E-state index is 12.6. The monoisotopic (exact) mass is 362 g/mol. The van der Waals surface area contributed by atoms with Crippen LogP contribution in [0.25, 0.3) is 0 Å². The molecule has 0 saturated heterocycles. The highest BCUT2D eigenvalue weighted by Gasteiger charge is 2.18. The third-order valence-corrected chi connectivity index (χ3v) is 5.36. The summed E-state index contributed by atoms with van der Waals surface area (Å²) in [7, 11) is -3.63. The standard InChI is InChI=1S/C18H22N2O4S/c1-4-19-25(23,24)16-9-8-12(2)17(11-16)18(22)20-13(3)14-6-5-7-15(21)10-14/h5-11,13,19,21H,4H2,1-3H3,(H,20,22). The molecule has 134 valence electrons. The fourth-order valence-electron chi connectivity index (χ4n) is 2.44. The molecule has 0 fully saturated rings. The molecule has 1 amide bonds. The average Bonchev–Trinajstić information content (AvgIpc) is 2.54. The van der Waals surface area contributed by atoms with Gasteiger partial charge in [-0.2, -0.15) is 0 Å². The van der Waals surface area contributed by atoms with Crippen molar-refractivity contribution in [2.45, 2.75) is 31.7 Å². The molecular weight excluding hydrogens is 340 g/mol. The Morgan fingerprint density at radius 3 is 2.56 bits per heavy atom. The predicted octanol–water partition coefficient (Wildman–Crippen LogP) is 2.49. The molecule has 25 heavy (non-hydrogen) atoms. The van der Waals surface area contributed by atoms with Gasteiger partial charge >= 0.3 is 0 Å². The van der Waals surface area contributed by atoms with E-state index in [-0.39, 0.29) is 29.1 Å². The Morgan fingerprint density at radius 1 is 1.20 bits per heavy atom. The van der Waals surface area contributed by atoms with Crippen molar-refractivity contribution in [1.29, 1.82) is 0 Å². The Kier molecular flexibility index (Phi) is 5.81. The molecule has 0 spiro atoms. The number of aromatic hydroxyl groups is 1. The number of hydrogen-bond acceptors (Lipinski definition) is 4. The molecule has 0 saturated carbocycles. The lowest BCUT2D eigenvalue weighted by Crippen LogP contribution is -2.28. The fraction of sp³-hybridized carbons (Fsp3) is 0.278. The topological polar surface area (TPSA) is 95.5 Å².